The van der Waals surface area contributed by atoms with Gasteiger partial charge >= 0.3 is 12.3 Å². The number of halogens is 4. The zero-order valence-electron chi connectivity index (χ0n) is 30.3. The average molecular weight is 855 g/mol. The van der Waals surface area contributed by atoms with Gasteiger partial charge in [0.2, 0.25) is 21.8 Å². The smallest absolute Gasteiger partial charge is 0.434 e. The summed E-state index contributed by atoms with van der Waals surface area (Å²) < 4.78 is 80.1. The van der Waals surface area contributed by atoms with Crippen molar-refractivity contribution in [3.05, 3.63) is 46.4 Å². The van der Waals surface area contributed by atoms with Gasteiger partial charge in [0.1, 0.15) is 50.9 Å². The zero-order chi connectivity index (χ0) is 40.9. The number of alkyl halides is 3. The van der Waals surface area contributed by atoms with Crippen molar-refractivity contribution in [3.63, 3.8) is 0 Å². The first kappa shape index (κ1) is 40.5. The van der Waals surface area contributed by atoms with Crippen molar-refractivity contribution in [2.75, 3.05) is 13.7 Å². The number of rotatable bonds is 8. The van der Waals surface area contributed by atoms with E-state index in [0.29, 0.717) is 55.2 Å². The Labute approximate surface area is 333 Å². The standard InChI is InChI=1S/C36H38ClF3N6O9S2/c1-54-25-12-11-21-26(14-23(41-29(21)28(25)37)31-43-27(17-56-31)36(38,39)40)55-19-13-24-30(47)44-35(33(49)45-57(52,53)20-9-10-20)15-18(35)7-5-3-2-4-6-8-22(42-34(50)51)32(48)46(24)16-19/h5,7,11-12,14,17-20,22,24,42H,2-4,6,8-10,13,15-16H2,1H3,(H,44,47)(H,45,49)(H,50,51)/b7-5-/t18-,19-,22+,24+,35-/m1/s1. The fraction of sp³-hybridized carbons (Fsp3) is 0.500. The highest BCUT2D eigenvalue weighted by Gasteiger charge is 2.62. The molecule has 4 amide bonds. The molecular weight excluding hydrogens is 817 g/mol. The van der Waals surface area contributed by atoms with E-state index in [1.807, 2.05) is 6.08 Å². The van der Waals surface area contributed by atoms with Crippen LogP contribution in [0.1, 0.15) is 63.5 Å². The van der Waals surface area contributed by atoms with Crippen molar-refractivity contribution >= 4 is 67.7 Å². The van der Waals surface area contributed by atoms with Crippen molar-refractivity contribution in [3.8, 4) is 22.2 Å². The van der Waals surface area contributed by atoms with Crippen molar-refractivity contribution in [1.82, 2.24) is 30.2 Å². The number of aromatic nitrogens is 2. The molecule has 0 radical (unpaired) electrons. The van der Waals surface area contributed by atoms with Gasteiger partial charge in [-0.05, 0) is 50.7 Å². The maximum atomic E-state index is 14.3. The third kappa shape index (κ3) is 8.48. The summed E-state index contributed by atoms with van der Waals surface area (Å²) in [4.78, 5) is 63.5. The quantitative estimate of drug-likeness (QED) is 0.221. The molecule has 5 atom stereocenters. The Morgan fingerprint density at radius 3 is 2.58 bits per heavy atom. The minimum absolute atomic E-state index is 0.0116. The normalized spacial score (nSPS) is 26.3. The molecule has 0 bridgehead atoms. The van der Waals surface area contributed by atoms with Crippen LogP contribution in [0.5, 0.6) is 11.5 Å². The third-order valence-corrected chi connectivity index (χ3v) is 13.6. The number of nitrogens with zero attached hydrogens (tertiary/aromatic N) is 3. The van der Waals surface area contributed by atoms with Crippen LogP contribution < -0.4 is 24.8 Å². The van der Waals surface area contributed by atoms with Crippen LogP contribution in [-0.4, -0.2) is 94.8 Å². The van der Waals surface area contributed by atoms with Gasteiger partial charge in [0, 0.05) is 29.2 Å². The fourth-order valence-electron chi connectivity index (χ4n) is 7.27. The summed E-state index contributed by atoms with van der Waals surface area (Å²) in [5, 5.41) is 15.1. The molecule has 306 valence electrons. The number of hydrogen-bond acceptors (Lipinski definition) is 11. The van der Waals surface area contributed by atoms with Gasteiger partial charge in [0.05, 0.1) is 24.4 Å². The Hall–Kier alpha value is -4.69. The van der Waals surface area contributed by atoms with Gasteiger partial charge in [-0.25, -0.2) is 23.2 Å². The summed E-state index contributed by atoms with van der Waals surface area (Å²) in [6.45, 7) is -0.244. The lowest BCUT2D eigenvalue weighted by molar-refractivity contribution is -0.141. The summed E-state index contributed by atoms with van der Waals surface area (Å²) >= 11 is 7.33. The number of fused-ring (bicyclic) bond motifs is 3. The molecule has 15 nitrogen and oxygen atoms in total. The summed E-state index contributed by atoms with van der Waals surface area (Å²) in [6, 6.07) is 1.94. The van der Waals surface area contributed by atoms with Gasteiger partial charge in [0.15, 0.2) is 5.69 Å². The number of allylic oxidation sites excluding steroid dienone is 1. The van der Waals surface area contributed by atoms with Crippen LogP contribution in [0.25, 0.3) is 21.6 Å². The average Bonchev–Trinajstić information content (AvgIpc) is 4.02. The van der Waals surface area contributed by atoms with Gasteiger partial charge in [-0.3, -0.25) is 19.1 Å². The molecule has 4 heterocycles. The number of carbonyl (C=O) groups excluding carboxylic acids is 3. The molecule has 21 heteroatoms. The van der Waals surface area contributed by atoms with Crippen molar-refractivity contribution in [2.24, 2.45) is 5.92 Å². The van der Waals surface area contributed by atoms with E-state index in [-0.39, 0.29) is 58.5 Å². The van der Waals surface area contributed by atoms with E-state index in [2.05, 4.69) is 25.3 Å². The first-order chi connectivity index (χ1) is 27.0. The number of nitrogens with one attached hydrogen (secondary N) is 3. The zero-order valence-corrected chi connectivity index (χ0v) is 32.7. The van der Waals surface area contributed by atoms with Crippen molar-refractivity contribution in [1.29, 1.82) is 0 Å². The second-order valence-corrected chi connectivity index (χ2v) is 17.7. The van der Waals surface area contributed by atoms with Crippen molar-refractivity contribution in [2.45, 2.75) is 92.9 Å². The first-order valence-electron chi connectivity index (χ1n) is 18.2. The molecular formula is C36H38ClF3N6O9S2. The topological polar surface area (TPSA) is 206 Å². The Kier molecular flexibility index (Phi) is 11.1. The second-order valence-electron chi connectivity index (χ2n) is 14.5. The van der Waals surface area contributed by atoms with Crippen LogP contribution >= 0.6 is 22.9 Å². The molecule has 2 saturated carbocycles. The number of pyridine rings is 1. The van der Waals surface area contributed by atoms with Crippen LogP contribution in [0.2, 0.25) is 5.02 Å². The minimum atomic E-state index is -4.72. The van der Waals surface area contributed by atoms with E-state index in [4.69, 9.17) is 21.1 Å². The predicted molar refractivity (Wildman–Crippen MR) is 200 cm³/mol. The van der Waals surface area contributed by atoms with E-state index in [9.17, 15) is 45.9 Å². The van der Waals surface area contributed by atoms with Gasteiger partial charge in [-0.1, -0.05) is 36.6 Å². The first-order valence-corrected chi connectivity index (χ1v) is 21.0. The molecule has 1 aromatic carbocycles. The molecule has 4 aliphatic rings. The number of ether oxygens (including phenoxy) is 2. The molecule has 7 rings (SSSR count). The van der Waals surface area contributed by atoms with Gasteiger partial charge in [-0.2, -0.15) is 13.2 Å². The maximum Gasteiger partial charge on any atom is 0.434 e. The Morgan fingerprint density at radius 1 is 1.12 bits per heavy atom. The predicted octanol–water partition coefficient (Wildman–Crippen LogP) is 5.03. The second kappa shape index (κ2) is 15.6. The molecule has 1 saturated heterocycles. The fourth-order valence-corrected chi connectivity index (χ4v) is 9.71. The third-order valence-electron chi connectivity index (χ3n) is 10.5. The molecule has 57 heavy (non-hydrogen) atoms. The molecule has 3 aromatic rings. The van der Waals surface area contributed by atoms with Gasteiger partial charge < -0.3 is 30.1 Å². The summed E-state index contributed by atoms with van der Waals surface area (Å²) in [6.07, 6.45) is -0.204. The number of methoxy groups -OCH3 is 1. The number of benzene rings is 1. The highest BCUT2D eigenvalue weighted by Crippen LogP contribution is 2.46. The lowest BCUT2D eigenvalue weighted by atomic mass is 10.1. The van der Waals surface area contributed by atoms with E-state index in [1.54, 1.807) is 12.1 Å². The van der Waals surface area contributed by atoms with E-state index >= 15 is 0 Å². The minimum Gasteiger partial charge on any atom is -0.495 e. The van der Waals surface area contributed by atoms with Crippen LogP contribution in [0.15, 0.2) is 35.7 Å². The number of carbonyl (C=O) groups is 4. The molecule has 2 aromatic heterocycles. The van der Waals surface area contributed by atoms with Gasteiger partial charge in [-0.15, -0.1) is 11.3 Å². The van der Waals surface area contributed by atoms with Crippen LogP contribution in [0, 0.1) is 5.92 Å². The van der Waals surface area contributed by atoms with E-state index in [1.165, 1.54) is 24.1 Å². The van der Waals surface area contributed by atoms with Crippen LogP contribution in [0.4, 0.5) is 18.0 Å². The van der Waals surface area contributed by atoms with Gasteiger partial charge in [0.25, 0.3) is 5.91 Å². The van der Waals surface area contributed by atoms with Crippen molar-refractivity contribution < 1.29 is 55.3 Å². The number of thiazole rings is 1. The largest absolute Gasteiger partial charge is 0.495 e. The highest BCUT2D eigenvalue weighted by molar-refractivity contribution is 7.91. The number of carboxylic acid groups (broad SMARTS) is 1. The SMILES string of the molecule is COc1ccc2c(O[C@@H]3C[C@H]4C(=O)N[C@]5(C(=O)NS(=O)(=O)C6CC6)C[C@H]5/C=C\CCCCC[C@H](NC(=O)O)C(=O)N4C3)cc(-c3nc(C(F)(F)F)cs3)nc2c1Cl. The summed E-state index contributed by atoms with van der Waals surface area (Å²) in [7, 11) is -2.61. The maximum absolute atomic E-state index is 14.3. The summed E-state index contributed by atoms with van der Waals surface area (Å²) in [5.41, 5.74) is -2.65. The Morgan fingerprint density at radius 2 is 1.89 bits per heavy atom. The number of hydrogen-bond donors (Lipinski definition) is 4. The van der Waals surface area contributed by atoms with Crippen LogP contribution in [-0.2, 0) is 30.6 Å². The van der Waals surface area contributed by atoms with E-state index < -0.39 is 80.6 Å². The summed E-state index contributed by atoms with van der Waals surface area (Å²) in [5.74, 6) is -2.63. The molecule has 4 N–H and O–H groups in total. The van der Waals surface area contributed by atoms with E-state index in [0.717, 1.165) is 5.38 Å². The Balaban J connectivity index is 1.24. The highest BCUT2D eigenvalue weighted by atomic mass is 35.5. The molecule has 0 spiro atoms. The molecule has 0 unspecified atom stereocenters. The number of amides is 4. The number of sulfonamides is 1. The van der Waals surface area contributed by atoms with Crippen LogP contribution in [0.3, 0.4) is 0 Å². The molecule has 3 fully saturated rings. The monoisotopic (exact) mass is 854 g/mol. The molecule has 2 aliphatic carbocycles. The Bertz CT molecular complexity index is 2250. The molecule has 2 aliphatic heterocycles. The lowest BCUT2D eigenvalue weighted by Gasteiger charge is -2.29. The lowest BCUT2D eigenvalue weighted by Crippen LogP contribution is -2.58.